The number of esters is 2. The Morgan fingerprint density at radius 1 is 0.800 bits per heavy atom. The van der Waals surface area contributed by atoms with Crippen molar-refractivity contribution in [2.24, 2.45) is 5.10 Å². The van der Waals surface area contributed by atoms with Crippen molar-refractivity contribution in [3.8, 4) is 0 Å². The minimum absolute atomic E-state index is 0.0175. The van der Waals surface area contributed by atoms with Gasteiger partial charge in [0, 0.05) is 21.8 Å². The number of halogens is 1. The number of hydrazone groups is 1. The Morgan fingerprint density at radius 3 is 2.02 bits per heavy atom. The summed E-state index contributed by atoms with van der Waals surface area (Å²) in [6.07, 6.45) is 0. The van der Waals surface area contributed by atoms with Crippen LogP contribution >= 0.6 is 11.6 Å². The zero-order valence-electron chi connectivity index (χ0n) is 21.3. The van der Waals surface area contributed by atoms with Gasteiger partial charge in [-0.15, -0.1) is 5.10 Å². The molecule has 2 aliphatic rings. The van der Waals surface area contributed by atoms with Crippen molar-refractivity contribution in [1.82, 2.24) is 0 Å². The molecule has 4 aromatic carbocycles. The highest BCUT2D eigenvalue weighted by Gasteiger charge is 2.45. The first-order valence-electron chi connectivity index (χ1n) is 12.5. The van der Waals surface area contributed by atoms with E-state index in [1.165, 1.54) is 7.11 Å². The first-order chi connectivity index (χ1) is 19.6. The smallest absolute Gasteiger partial charge is 0.348 e. The van der Waals surface area contributed by atoms with Gasteiger partial charge in [-0.1, -0.05) is 90.5 Å². The average Bonchev–Trinajstić information content (AvgIpc) is 3.56. The van der Waals surface area contributed by atoms with E-state index < -0.39 is 11.9 Å². The molecule has 0 unspecified atom stereocenters. The van der Waals surface area contributed by atoms with E-state index in [4.69, 9.17) is 26.2 Å². The number of carbonyl (C=O) groups is 2. The van der Waals surface area contributed by atoms with Crippen molar-refractivity contribution in [2.45, 2.75) is 0 Å². The topological polar surface area (TPSA) is 71.4 Å². The van der Waals surface area contributed by atoms with E-state index in [-0.39, 0.29) is 16.9 Å². The van der Waals surface area contributed by atoms with Crippen LogP contribution in [-0.2, 0) is 19.1 Å². The summed E-state index contributed by atoms with van der Waals surface area (Å²) in [5.74, 6) is -0.477. The highest BCUT2D eigenvalue weighted by atomic mass is 35.5. The molecular formula is C32H22ClN3O4. The van der Waals surface area contributed by atoms with Crippen LogP contribution in [0.5, 0.6) is 0 Å². The van der Waals surface area contributed by atoms with E-state index in [0.717, 1.165) is 11.3 Å². The second kappa shape index (κ2) is 10.6. The van der Waals surface area contributed by atoms with Crippen molar-refractivity contribution < 1.29 is 19.1 Å². The Bertz CT molecular complexity index is 1700. The second-order valence-corrected chi connectivity index (χ2v) is 9.34. The van der Waals surface area contributed by atoms with Crippen LogP contribution in [0, 0.1) is 0 Å². The zero-order valence-corrected chi connectivity index (χ0v) is 22.1. The number of amidine groups is 1. The van der Waals surface area contributed by atoms with Gasteiger partial charge in [0.05, 0.1) is 12.8 Å². The molecule has 0 atom stereocenters. The van der Waals surface area contributed by atoms with Gasteiger partial charge in [0.25, 0.3) is 0 Å². The van der Waals surface area contributed by atoms with Gasteiger partial charge in [-0.25, -0.2) is 14.6 Å². The molecule has 6 rings (SSSR count). The number of hydrogen-bond donors (Lipinski definition) is 0. The van der Waals surface area contributed by atoms with E-state index in [9.17, 15) is 9.59 Å². The van der Waals surface area contributed by atoms with Gasteiger partial charge in [-0.3, -0.25) is 4.90 Å². The molecule has 0 bridgehead atoms. The summed E-state index contributed by atoms with van der Waals surface area (Å²) in [6, 6.07) is 35.3. The lowest BCUT2D eigenvalue weighted by molar-refractivity contribution is -0.136. The molecule has 0 fully saturated rings. The summed E-state index contributed by atoms with van der Waals surface area (Å²) in [4.78, 5) is 29.0. The standard InChI is InChI=1S/C32H22ClN3O4/c1-39-31(37)26-27(32(38)40-28(26)22-14-11-15-23(33)20-22)30-35(24-16-7-3-8-17-24)29(21-12-5-2-6-13-21)34-36(30)25-18-9-4-10-19-25/h2-20H,1H3/b30-27-. The number of methoxy groups -OCH3 is 1. The third kappa shape index (κ3) is 4.42. The molecule has 196 valence electrons. The van der Waals surface area contributed by atoms with E-state index in [0.29, 0.717) is 27.9 Å². The van der Waals surface area contributed by atoms with Gasteiger partial charge in [-0.2, -0.15) is 0 Å². The molecule has 2 aliphatic heterocycles. The third-order valence-corrected chi connectivity index (χ3v) is 6.68. The van der Waals surface area contributed by atoms with Gasteiger partial charge < -0.3 is 9.47 Å². The Kier molecular flexibility index (Phi) is 6.64. The number of cyclic esters (lactones) is 1. The number of para-hydroxylation sites is 2. The molecule has 0 amide bonds. The lowest BCUT2D eigenvalue weighted by Crippen LogP contribution is -2.32. The molecule has 4 aromatic rings. The Balaban J connectivity index is 1.69. The van der Waals surface area contributed by atoms with Gasteiger partial charge in [0.1, 0.15) is 11.1 Å². The number of anilines is 2. The summed E-state index contributed by atoms with van der Waals surface area (Å²) in [5, 5.41) is 7.07. The molecule has 40 heavy (non-hydrogen) atoms. The fourth-order valence-electron chi connectivity index (χ4n) is 4.69. The first kappa shape index (κ1) is 25.2. The molecule has 0 spiro atoms. The third-order valence-electron chi connectivity index (χ3n) is 6.44. The Hall–Kier alpha value is -5.14. The molecule has 0 N–H and O–H groups in total. The fourth-order valence-corrected chi connectivity index (χ4v) is 4.88. The van der Waals surface area contributed by atoms with Crippen LogP contribution in [0.1, 0.15) is 11.1 Å². The second-order valence-electron chi connectivity index (χ2n) is 8.90. The van der Waals surface area contributed by atoms with Crippen molar-refractivity contribution in [2.75, 3.05) is 17.0 Å². The van der Waals surface area contributed by atoms with Crippen molar-refractivity contribution in [3.05, 3.63) is 148 Å². The number of benzene rings is 4. The molecule has 2 heterocycles. The van der Waals surface area contributed by atoms with Crippen LogP contribution in [-0.4, -0.2) is 24.9 Å². The SMILES string of the molecule is COC(=O)C1=C(c2cccc(Cl)c2)OC(=O)/C1=C1\N(c2ccccc2)N=C(c2ccccc2)N1c1ccccc1. The first-order valence-corrected chi connectivity index (χ1v) is 12.8. The number of carbonyl (C=O) groups excluding carboxylic acids is 2. The van der Waals surface area contributed by atoms with E-state index in [1.54, 1.807) is 29.3 Å². The van der Waals surface area contributed by atoms with Gasteiger partial charge >= 0.3 is 11.9 Å². The number of nitrogens with zero attached hydrogens (tertiary/aromatic N) is 3. The van der Waals surface area contributed by atoms with Crippen molar-refractivity contribution in [1.29, 1.82) is 0 Å². The van der Waals surface area contributed by atoms with Crippen LogP contribution in [0.25, 0.3) is 5.76 Å². The molecule has 0 radical (unpaired) electrons. The maximum Gasteiger partial charge on any atom is 0.348 e. The predicted octanol–water partition coefficient (Wildman–Crippen LogP) is 6.38. The lowest BCUT2D eigenvalue weighted by atomic mass is 10.0. The quantitative estimate of drug-likeness (QED) is 0.213. The van der Waals surface area contributed by atoms with Crippen molar-refractivity contribution >= 4 is 46.5 Å². The minimum Gasteiger partial charge on any atom is -0.465 e. The molecule has 0 aromatic heterocycles. The van der Waals surface area contributed by atoms with E-state index >= 15 is 0 Å². The fraction of sp³-hybridized carbons (Fsp3) is 0.0312. The Labute approximate surface area is 235 Å². The Morgan fingerprint density at radius 2 is 1.40 bits per heavy atom. The molecule has 7 nitrogen and oxygen atoms in total. The van der Waals surface area contributed by atoms with E-state index in [1.807, 2.05) is 95.9 Å². The van der Waals surface area contributed by atoms with E-state index in [2.05, 4.69) is 0 Å². The highest BCUT2D eigenvalue weighted by Crippen LogP contribution is 2.42. The summed E-state index contributed by atoms with van der Waals surface area (Å²) in [7, 11) is 1.26. The largest absolute Gasteiger partial charge is 0.465 e. The van der Waals surface area contributed by atoms with Crippen molar-refractivity contribution in [3.63, 3.8) is 0 Å². The molecule has 0 saturated carbocycles. The molecular weight excluding hydrogens is 526 g/mol. The summed E-state index contributed by atoms with van der Waals surface area (Å²) < 4.78 is 11.0. The monoisotopic (exact) mass is 547 g/mol. The van der Waals surface area contributed by atoms with Crippen LogP contribution in [0.2, 0.25) is 5.02 Å². The van der Waals surface area contributed by atoms with Crippen LogP contribution in [0.3, 0.4) is 0 Å². The number of ether oxygens (including phenoxy) is 2. The molecule has 0 aliphatic carbocycles. The lowest BCUT2D eigenvalue weighted by Gasteiger charge is -2.26. The summed E-state index contributed by atoms with van der Waals surface area (Å²) >= 11 is 6.25. The van der Waals surface area contributed by atoms with Crippen LogP contribution < -0.4 is 9.91 Å². The van der Waals surface area contributed by atoms with Crippen LogP contribution in [0.4, 0.5) is 11.4 Å². The number of rotatable bonds is 5. The van der Waals surface area contributed by atoms with Gasteiger partial charge in [0.2, 0.25) is 0 Å². The maximum absolute atomic E-state index is 13.8. The molecule has 0 saturated heterocycles. The van der Waals surface area contributed by atoms with Gasteiger partial charge in [-0.05, 0) is 36.4 Å². The average molecular weight is 548 g/mol. The van der Waals surface area contributed by atoms with Crippen LogP contribution in [0.15, 0.2) is 137 Å². The summed E-state index contributed by atoms with van der Waals surface area (Å²) in [6.45, 7) is 0. The van der Waals surface area contributed by atoms with Gasteiger partial charge in [0.15, 0.2) is 17.4 Å². The normalized spacial score (nSPS) is 16.8. The highest BCUT2D eigenvalue weighted by molar-refractivity contribution is 6.31. The zero-order chi connectivity index (χ0) is 27.6. The minimum atomic E-state index is -0.725. The number of hydrogen-bond acceptors (Lipinski definition) is 7. The maximum atomic E-state index is 13.8. The molecule has 8 heteroatoms. The predicted molar refractivity (Wildman–Crippen MR) is 154 cm³/mol. The summed E-state index contributed by atoms with van der Waals surface area (Å²) in [5.41, 5.74) is 2.70.